The predicted octanol–water partition coefficient (Wildman–Crippen LogP) is -4.88. The summed E-state index contributed by atoms with van der Waals surface area (Å²) in [7, 11) is 0. The van der Waals surface area contributed by atoms with Crippen LogP contribution in [0, 0.1) is 0 Å². The average molecular weight is 646 g/mol. The molecule has 0 aromatic heterocycles. The van der Waals surface area contributed by atoms with Gasteiger partial charge in [0.05, 0.1) is 0 Å². The first-order valence-corrected chi connectivity index (χ1v) is 16.6. The molecule has 0 aliphatic carbocycles. The molecule has 0 amide bonds. The van der Waals surface area contributed by atoms with Gasteiger partial charge < -0.3 is 0 Å². The molecule has 6 N–H and O–H groups in total. The van der Waals surface area contributed by atoms with Crippen LogP contribution >= 0.6 is 0 Å². The number of rotatable bonds is 8. The Bertz CT molecular complexity index is 638. The van der Waals surface area contributed by atoms with E-state index in [0.29, 0.717) is 0 Å². The summed E-state index contributed by atoms with van der Waals surface area (Å²) in [6, 6.07) is 0. The van der Waals surface area contributed by atoms with Crippen molar-refractivity contribution >= 4 is 52.9 Å². The number of aliphatic carboxylic acids is 2. The van der Waals surface area contributed by atoms with Gasteiger partial charge in [-0.3, -0.25) is 0 Å². The number of carbonyl (C=O) groups is 2. The Balaban J connectivity index is 1.59. The molecule has 4 aliphatic heterocycles. The molecule has 0 aromatic carbocycles. The van der Waals surface area contributed by atoms with Gasteiger partial charge in [-0.2, -0.15) is 0 Å². The van der Waals surface area contributed by atoms with E-state index in [2.05, 4.69) is 0 Å². The zero-order valence-corrected chi connectivity index (χ0v) is 19.4. The van der Waals surface area contributed by atoms with E-state index in [4.69, 9.17) is 29.6 Å². The van der Waals surface area contributed by atoms with Gasteiger partial charge in [-0.1, -0.05) is 0 Å². The molecular weight excluding hydrogens is 628 g/mol. The van der Waals surface area contributed by atoms with Gasteiger partial charge in [-0.25, -0.2) is 0 Å². The van der Waals surface area contributed by atoms with E-state index < -0.39 is 115 Å². The summed E-state index contributed by atoms with van der Waals surface area (Å²) in [4.78, 5) is 22.9. The third-order valence-electron chi connectivity index (χ3n) is 4.55. The molecule has 3 unspecified atom stereocenters. The molecule has 29 heavy (non-hydrogen) atoms. The fourth-order valence-corrected chi connectivity index (χ4v) is 23.5. The quantitative estimate of drug-likeness (QED) is 0.136. The second-order valence-electron chi connectivity index (χ2n) is 6.48. The fourth-order valence-electron chi connectivity index (χ4n) is 3.23. The summed E-state index contributed by atoms with van der Waals surface area (Å²) in [5.74, 6) is -2.84. The van der Waals surface area contributed by atoms with Gasteiger partial charge in [-0.15, -0.1) is 0 Å². The van der Waals surface area contributed by atoms with Crippen molar-refractivity contribution in [2.24, 2.45) is 0 Å². The van der Waals surface area contributed by atoms with Crippen molar-refractivity contribution in [2.75, 3.05) is 13.2 Å². The van der Waals surface area contributed by atoms with E-state index in [1.165, 1.54) is 0 Å². The van der Waals surface area contributed by atoms with E-state index in [9.17, 15) is 30.0 Å². The standard InChI is InChI=1S/2C6H9O7.O.2Sb/c2*7-1-2(8)3(9)4(10)5(11)6(12)13;;;/h2*2-5,7-8H,1H2,(H,12,13);;;/q2*-3;;2*+3/t2?,3-,4+,5-;2-,3-,4+,5-;;;/m11.../s1. The maximum atomic E-state index is 11.5. The van der Waals surface area contributed by atoms with E-state index in [1.54, 1.807) is 0 Å². The molecule has 4 heterocycles. The van der Waals surface area contributed by atoms with Gasteiger partial charge in [0, 0.05) is 0 Å². The first-order valence-electron chi connectivity index (χ1n) is 8.27. The second kappa shape index (κ2) is 7.92. The monoisotopic (exact) mass is 644 g/mol. The van der Waals surface area contributed by atoms with Crippen molar-refractivity contribution in [3.05, 3.63) is 0 Å². The van der Waals surface area contributed by atoms with Crippen molar-refractivity contribution in [1.29, 1.82) is 0 Å². The van der Waals surface area contributed by atoms with E-state index in [-0.39, 0.29) is 0 Å². The Labute approximate surface area is 174 Å². The molecule has 4 aliphatic rings. The van der Waals surface area contributed by atoms with Gasteiger partial charge in [0.15, 0.2) is 0 Å². The summed E-state index contributed by atoms with van der Waals surface area (Å²) < 4.78 is 38.5. The molecule has 4 saturated heterocycles. The van der Waals surface area contributed by atoms with Crippen molar-refractivity contribution in [3.63, 3.8) is 0 Å². The third-order valence-corrected chi connectivity index (χ3v) is 21.8. The molecule has 10 atom stereocenters. The zero-order valence-electron chi connectivity index (χ0n) is 14.3. The van der Waals surface area contributed by atoms with Gasteiger partial charge in [-0.05, 0) is 0 Å². The van der Waals surface area contributed by atoms with Crippen LogP contribution < -0.4 is 0 Å². The first kappa shape index (κ1) is 22.3. The van der Waals surface area contributed by atoms with Crippen molar-refractivity contribution in [2.45, 2.75) is 48.8 Å². The Kier molecular flexibility index (Phi) is 6.10. The third kappa shape index (κ3) is 3.69. The van der Waals surface area contributed by atoms with Crippen LogP contribution in [-0.4, -0.2) is 146 Å². The molecule has 0 saturated carbocycles. The zero-order chi connectivity index (χ0) is 21.1. The maximum absolute atomic E-state index is 11.5. The average Bonchev–Trinajstić information content (AvgIpc) is 3.42. The van der Waals surface area contributed by atoms with Crippen LogP contribution in [0.5, 0.6) is 0 Å². The summed E-state index contributed by atoms with van der Waals surface area (Å²) in [5, 5.41) is 56.8. The van der Waals surface area contributed by atoms with Gasteiger partial charge in [0.1, 0.15) is 0 Å². The molecule has 4 fully saturated rings. The van der Waals surface area contributed by atoms with Crippen LogP contribution in [0.1, 0.15) is 0 Å². The molecule has 0 aromatic rings. The van der Waals surface area contributed by atoms with E-state index in [1.807, 2.05) is 0 Å². The molecule has 0 spiro atoms. The van der Waals surface area contributed by atoms with Crippen molar-refractivity contribution in [3.8, 4) is 0 Å². The summed E-state index contributed by atoms with van der Waals surface area (Å²) in [6.07, 6.45) is -11.2. The number of carboxylic acids is 2. The van der Waals surface area contributed by atoms with E-state index >= 15 is 0 Å². The Morgan fingerprint density at radius 1 is 0.759 bits per heavy atom. The summed E-state index contributed by atoms with van der Waals surface area (Å²) in [6.45, 7) is -1.50. The van der Waals surface area contributed by atoms with Crippen LogP contribution in [-0.2, 0) is 29.0 Å². The van der Waals surface area contributed by atoms with Crippen molar-refractivity contribution < 1.29 is 59.6 Å². The predicted molar refractivity (Wildman–Crippen MR) is 83.3 cm³/mol. The molecular formula is C12H18O15Sb2. The summed E-state index contributed by atoms with van der Waals surface area (Å²) >= 11 is -10.3. The van der Waals surface area contributed by atoms with Crippen LogP contribution in [0.4, 0.5) is 0 Å². The first-order chi connectivity index (χ1) is 13.6. The van der Waals surface area contributed by atoms with Crippen LogP contribution in [0.2, 0.25) is 0 Å². The Morgan fingerprint density at radius 2 is 1.14 bits per heavy atom. The van der Waals surface area contributed by atoms with Crippen molar-refractivity contribution in [1.82, 2.24) is 0 Å². The molecule has 17 heteroatoms. The normalized spacial score (nSPS) is 47.4. The number of hydrogen-bond acceptors (Lipinski definition) is 13. The minimum atomic E-state index is -5.13. The Morgan fingerprint density at radius 3 is 1.45 bits per heavy atom. The topological polar surface area (TPSA) is 220 Å². The van der Waals surface area contributed by atoms with E-state index in [0.717, 1.165) is 0 Å². The number of aliphatic hydroxyl groups excluding tert-OH is 4. The molecule has 2 radical (unpaired) electrons. The SMILES string of the molecule is O=C(O)[C@@H]1[O][Sb]2([O][Sb]34[O][C@@H]([C@@H](C(O)CO)[O]3)[C@H](C(=O)O)[O]4)[O][C@H]([C@H](O)CO)[C@@H]1[O]2. The summed E-state index contributed by atoms with van der Waals surface area (Å²) in [5.41, 5.74) is 0. The number of fused-ring (bicyclic) bond motifs is 4. The van der Waals surface area contributed by atoms with Gasteiger partial charge in [0.25, 0.3) is 0 Å². The molecule has 4 bridgehead atoms. The van der Waals surface area contributed by atoms with Crippen LogP contribution in [0.25, 0.3) is 0 Å². The molecule has 166 valence electrons. The fraction of sp³-hybridized carbons (Fsp3) is 0.833. The molecule has 15 nitrogen and oxygen atoms in total. The van der Waals surface area contributed by atoms with Crippen LogP contribution in [0.3, 0.4) is 0 Å². The number of hydrogen-bond donors (Lipinski definition) is 6. The number of aliphatic hydroxyl groups is 4. The van der Waals surface area contributed by atoms with Gasteiger partial charge in [0.2, 0.25) is 0 Å². The van der Waals surface area contributed by atoms with Crippen LogP contribution in [0.15, 0.2) is 0 Å². The minimum absolute atomic E-state index is 0.748. The Hall–Kier alpha value is 0.136. The number of carboxylic acid groups (broad SMARTS) is 2. The molecule has 4 rings (SSSR count). The second-order valence-corrected chi connectivity index (χ2v) is 18.8. The van der Waals surface area contributed by atoms with Gasteiger partial charge >= 0.3 is 175 Å².